The van der Waals surface area contributed by atoms with E-state index in [1.54, 1.807) is 6.08 Å². The Kier molecular flexibility index (Phi) is 5.10. The lowest BCUT2D eigenvalue weighted by Gasteiger charge is -2.06. The lowest BCUT2D eigenvalue weighted by molar-refractivity contribution is 0.253. The Hall–Kier alpha value is -0.560. The van der Waals surface area contributed by atoms with Gasteiger partial charge in [-0.05, 0) is 56.7 Å². The highest BCUT2D eigenvalue weighted by Crippen LogP contribution is 2.22. The predicted molar refractivity (Wildman–Crippen MR) is 74.1 cm³/mol. The number of benzene rings is 1. The fourth-order valence-electron chi connectivity index (χ4n) is 0.914. The van der Waals surface area contributed by atoms with Gasteiger partial charge in [-0.15, -0.1) is 6.58 Å². The molecule has 0 fully saturated rings. The van der Waals surface area contributed by atoms with Gasteiger partial charge in [-0.2, -0.15) is 0 Å². The first-order valence-corrected chi connectivity index (χ1v) is 6.11. The molecule has 1 aromatic carbocycles. The predicted octanol–water partition coefficient (Wildman–Crippen LogP) is 3.36. The quantitative estimate of drug-likeness (QED) is 0.612. The van der Waals surface area contributed by atoms with Crippen LogP contribution in [0.2, 0.25) is 0 Å². The van der Waals surface area contributed by atoms with Crippen LogP contribution in [0, 0.1) is 3.57 Å². The van der Waals surface area contributed by atoms with Crippen molar-refractivity contribution in [2.24, 2.45) is 0 Å². The van der Waals surface area contributed by atoms with Crippen LogP contribution in [-0.4, -0.2) is 12.6 Å². The average molecular weight is 381 g/mol. The fourth-order valence-corrected chi connectivity index (χ4v) is 1.68. The summed E-state index contributed by atoms with van der Waals surface area (Å²) >= 11 is 5.58. The summed E-state index contributed by atoms with van der Waals surface area (Å²) in [6.07, 6.45) is 1.63. The number of rotatable bonds is 3. The molecule has 0 aliphatic rings. The van der Waals surface area contributed by atoms with E-state index >= 15 is 0 Å². The number of urea groups is 1. The third kappa shape index (κ3) is 4.21. The Morgan fingerprint density at radius 2 is 2.33 bits per heavy atom. The molecule has 5 heteroatoms. The third-order valence-electron chi connectivity index (χ3n) is 1.58. The first-order chi connectivity index (χ1) is 7.13. The van der Waals surface area contributed by atoms with Gasteiger partial charge in [0.05, 0.1) is 0 Å². The van der Waals surface area contributed by atoms with Crippen molar-refractivity contribution in [2.45, 2.75) is 0 Å². The summed E-state index contributed by atoms with van der Waals surface area (Å²) in [5.41, 5.74) is 0.768. The smallest absolute Gasteiger partial charge is 0.319 e. The first kappa shape index (κ1) is 12.5. The summed E-state index contributed by atoms with van der Waals surface area (Å²) in [5, 5.41) is 5.35. The van der Waals surface area contributed by atoms with Gasteiger partial charge in [-0.3, -0.25) is 0 Å². The van der Waals surface area contributed by atoms with Gasteiger partial charge < -0.3 is 10.6 Å². The number of carbonyl (C=O) groups excluding carboxylic acids is 1. The highest BCUT2D eigenvalue weighted by molar-refractivity contribution is 14.1. The van der Waals surface area contributed by atoms with Crippen LogP contribution in [0.15, 0.2) is 35.3 Å². The van der Waals surface area contributed by atoms with Crippen LogP contribution in [0.4, 0.5) is 10.5 Å². The Bertz CT molecular complexity index is 382. The molecule has 80 valence electrons. The summed E-state index contributed by atoms with van der Waals surface area (Å²) in [7, 11) is 0. The number of hydrogen-bond donors (Lipinski definition) is 2. The van der Waals surface area contributed by atoms with Gasteiger partial charge in [0.2, 0.25) is 0 Å². The van der Waals surface area contributed by atoms with E-state index in [0.717, 1.165) is 13.7 Å². The topological polar surface area (TPSA) is 41.1 Å². The zero-order valence-corrected chi connectivity index (χ0v) is 11.6. The molecule has 2 amide bonds. The molecule has 1 rings (SSSR count). The normalized spacial score (nSPS) is 9.47. The highest BCUT2D eigenvalue weighted by atomic mass is 127. The molecule has 2 N–H and O–H groups in total. The molecule has 0 unspecified atom stereocenters. The second-order valence-electron chi connectivity index (χ2n) is 2.75. The molecule has 0 aromatic heterocycles. The van der Waals surface area contributed by atoms with Gasteiger partial charge in [0.15, 0.2) is 0 Å². The molecular weight excluding hydrogens is 371 g/mol. The van der Waals surface area contributed by atoms with Crippen molar-refractivity contribution in [3.8, 4) is 0 Å². The average Bonchev–Trinajstić information content (AvgIpc) is 2.20. The molecule has 0 aliphatic carbocycles. The van der Waals surface area contributed by atoms with E-state index < -0.39 is 0 Å². The molecule has 0 aliphatic heterocycles. The van der Waals surface area contributed by atoms with E-state index in [0.29, 0.717) is 6.54 Å². The Morgan fingerprint density at radius 1 is 1.60 bits per heavy atom. The minimum Gasteiger partial charge on any atom is -0.334 e. The summed E-state index contributed by atoms with van der Waals surface area (Å²) in [4.78, 5) is 11.3. The van der Waals surface area contributed by atoms with E-state index in [2.05, 4.69) is 55.7 Å². The maximum atomic E-state index is 11.3. The van der Waals surface area contributed by atoms with Crippen molar-refractivity contribution in [1.29, 1.82) is 0 Å². The van der Waals surface area contributed by atoms with Crippen molar-refractivity contribution >= 4 is 50.2 Å². The lowest BCUT2D eigenvalue weighted by Crippen LogP contribution is -2.28. The highest BCUT2D eigenvalue weighted by Gasteiger charge is 2.02. The Balaban J connectivity index is 2.60. The third-order valence-corrected chi connectivity index (χ3v) is 3.91. The SMILES string of the molecule is C=CCNC(=O)Nc1ccc(Br)c(I)c1. The molecule has 0 heterocycles. The molecule has 3 nitrogen and oxygen atoms in total. The van der Waals surface area contributed by atoms with Gasteiger partial charge >= 0.3 is 6.03 Å². The van der Waals surface area contributed by atoms with Crippen molar-refractivity contribution in [1.82, 2.24) is 5.32 Å². The number of carbonyl (C=O) groups is 1. The summed E-state index contributed by atoms with van der Waals surface area (Å²) in [6.45, 7) is 3.97. The Labute approximate surface area is 111 Å². The Morgan fingerprint density at radius 3 is 2.93 bits per heavy atom. The van der Waals surface area contributed by atoms with Crippen LogP contribution in [0.25, 0.3) is 0 Å². The summed E-state index contributed by atoms with van der Waals surface area (Å²) < 4.78 is 2.06. The van der Waals surface area contributed by atoms with Crippen molar-refractivity contribution < 1.29 is 4.79 Å². The standard InChI is InChI=1S/C10H10BrIN2O/c1-2-5-13-10(15)14-7-3-4-8(11)9(12)6-7/h2-4,6H,1,5H2,(H2,13,14,15). The van der Waals surface area contributed by atoms with Crippen molar-refractivity contribution in [3.05, 3.63) is 38.9 Å². The molecule has 0 bridgehead atoms. The van der Waals surface area contributed by atoms with E-state index in [1.807, 2.05) is 18.2 Å². The van der Waals surface area contributed by atoms with Crippen LogP contribution in [0.3, 0.4) is 0 Å². The molecular formula is C10H10BrIN2O. The van der Waals surface area contributed by atoms with Crippen molar-refractivity contribution in [3.63, 3.8) is 0 Å². The monoisotopic (exact) mass is 380 g/mol. The van der Waals surface area contributed by atoms with Crippen LogP contribution in [0.1, 0.15) is 0 Å². The number of hydrogen-bond acceptors (Lipinski definition) is 1. The maximum absolute atomic E-state index is 11.3. The maximum Gasteiger partial charge on any atom is 0.319 e. The number of halogens is 2. The van der Waals surface area contributed by atoms with Crippen LogP contribution in [0.5, 0.6) is 0 Å². The number of anilines is 1. The lowest BCUT2D eigenvalue weighted by atomic mass is 10.3. The molecule has 0 atom stereocenters. The van der Waals surface area contributed by atoms with Crippen LogP contribution < -0.4 is 10.6 Å². The van der Waals surface area contributed by atoms with Gasteiger partial charge in [0, 0.05) is 20.3 Å². The van der Waals surface area contributed by atoms with Crippen molar-refractivity contribution in [2.75, 3.05) is 11.9 Å². The first-order valence-electron chi connectivity index (χ1n) is 4.24. The van der Waals surface area contributed by atoms with Gasteiger partial charge in [-0.1, -0.05) is 6.08 Å². The van der Waals surface area contributed by atoms with E-state index in [-0.39, 0.29) is 6.03 Å². The molecule has 15 heavy (non-hydrogen) atoms. The summed E-state index contributed by atoms with van der Waals surface area (Å²) in [6, 6.07) is 5.39. The molecule has 0 radical (unpaired) electrons. The van der Waals surface area contributed by atoms with Gasteiger partial charge in [-0.25, -0.2) is 4.79 Å². The minimum atomic E-state index is -0.229. The molecule has 0 saturated carbocycles. The zero-order chi connectivity index (χ0) is 11.3. The second kappa shape index (κ2) is 6.12. The zero-order valence-electron chi connectivity index (χ0n) is 7.89. The number of nitrogens with one attached hydrogen (secondary N) is 2. The van der Waals surface area contributed by atoms with Crippen LogP contribution >= 0.6 is 38.5 Å². The molecule has 0 saturated heterocycles. The van der Waals surface area contributed by atoms with E-state index in [9.17, 15) is 4.79 Å². The number of amides is 2. The van der Waals surface area contributed by atoms with E-state index in [4.69, 9.17) is 0 Å². The van der Waals surface area contributed by atoms with Gasteiger partial charge in [0.1, 0.15) is 0 Å². The molecule has 0 spiro atoms. The van der Waals surface area contributed by atoms with E-state index in [1.165, 1.54) is 0 Å². The largest absolute Gasteiger partial charge is 0.334 e. The fraction of sp³-hybridized carbons (Fsp3) is 0.100. The summed E-state index contributed by atoms with van der Waals surface area (Å²) in [5.74, 6) is 0. The minimum absolute atomic E-state index is 0.229. The van der Waals surface area contributed by atoms with Crippen LogP contribution in [-0.2, 0) is 0 Å². The second-order valence-corrected chi connectivity index (χ2v) is 4.77. The molecule has 1 aromatic rings. The van der Waals surface area contributed by atoms with Gasteiger partial charge in [0.25, 0.3) is 0 Å².